The lowest BCUT2D eigenvalue weighted by molar-refractivity contribution is -0.181. The molecule has 0 amide bonds. The van der Waals surface area contributed by atoms with Gasteiger partial charge in [-0.25, -0.2) is 14.3 Å². The molecule has 7 aliphatic rings. The first kappa shape index (κ1) is 40.5. The number of phosphoric ester groups is 1. The van der Waals surface area contributed by atoms with Crippen LogP contribution in [0.2, 0.25) is 0 Å². The fourth-order valence-corrected chi connectivity index (χ4v) is 11.3. The molecule has 3 N–H and O–H groups in total. The van der Waals surface area contributed by atoms with Gasteiger partial charge in [-0.1, -0.05) is 41.5 Å². The Bertz CT molecular complexity index is 2620. The van der Waals surface area contributed by atoms with Crippen LogP contribution < -0.4 is 19.3 Å². The average Bonchev–Trinajstić information content (AvgIpc) is 3.61. The molecule has 316 valence electrons. The summed E-state index contributed by atoms with van der Waals surface area (Å²) in [5, 5.41) is 3.63. The molecular weight excluding hydrogens is 785 g/mol. The Morgan fingerprint density at radius 2 is 1.78 bits per heavy atom. The first-order valence-corrected chi connectivity index (χ1v) is 22.1. The number of fused-ring (bicyclic) bond motifs is 6. The normalized spacial score (nSPS) is 28.8. The van der Waals surface area contributed by atoms with Gasteiger partial charge in [-0.15, -0.1) is 0 Å². The number of carbonyl (C=O) groups excluding carboxylic acids is 2. The fraction of sp³-hybridized carbons (Fsp3) is 0.457. The van der Waals surface area contributed by atoms with E-state index < -0.39 is 48.2 Å². The van der Waals surface area contributed by atoms with Crippen LogP contribution in [0.1, 0.15) is 104 Å². The Morgan fingerprint density at radius 1 is 1.05 bits per heavy atom. The van der Waals surface area contributed by atoms with E-state index in [0.29, 0.717) is 70.0 Å². The molecule has 1 aromatic heterocycles. The molecule has 0 radical (unpaired) electrons. The number of aromatic nitrogens is 2. The lowest BCUT2D eigenvalue weighted by Crippen LogP contribution is -2.75. The largest absolute Gasteiger partial charge is 0.524 e. The van der Waals surface area contributed by atoms with Crippen molar-refractivity contribution in [2.24, 2.45) is 11.8 Å². The Hall–Kier alpha value is -4.94. The van der Waals surface area contributed by atoms with Gasteiger partial charge >= 0.3 is 13.8 Å². The van der Waals surface area contributed by atoms with Gasteiger partial charge in [-0.2, -0.15) is 0 Å². The lowest BCUT2D eigenvalue weighted by atomic mass is 9.47. The minimum Gasteiger partial charge on any atom is -0.482 e. The summed E-state index contributed by atoms with van der Waals surface area (Å²) in [5.74, 6) is -0.684. The number of nitrogens with zero attached hydrogens (tertiary/aromatic N) is 2. The SMILES string of the molecule is COC(=O)/C(C)=C\CC12OC(C)(C)C3CC(C1=O)C1C4=C(Nc5nc6ccccc6n51)c1c(OP(=O)(O)O)c5c(c(CC=C(C)C)c1OC432)OC(C)(CCC=C(C)C)C=C5. The molecule has 3 saturated carbocycles. The third-order valence-corrected chi connectivity index (χ3v) is 13.7. The van der Waals surface area contributed by atoms with Crippen LogP contribution in [0.15, 0.2) is 70.9 Å². The summed E-state index contributed by atoms with van der Waals surface area (Å²) in [4.78, 5) is 54.8. The van der Waals surface area contributed by atoms with Gasteiger partial charge in [-0.05, 0) is 105 Å². The molecule has 14 heteroatoms. The van der Waals surface area contributed by atoms with E-state index in [1.165, 1.54) is 12.7 Å². The summed E-state index contributed by atoms with van der Waals surface area (Å²) in [6, 6.07) is 7.10. The molecule has 4 fully saturated rings. The molecule has 1 saturated heterocycles. The second-order valence-corrected chi connectivity index (χ2v) is 19.4. The molecule has 2 aromatic carbocycles. The zero-order chi connectivity index (χ0) is 42.9. The lowest BCUT2D eigenvalue weighted by Gasteiger charge is -2.62. The summed E-state index contributed by atoms with van der Waals surface area (Å²) < 4.78 is 47.9. The summed E-state index contributed by atoms with van der Waals surface area (Å²) in [6.45, 7) is 15.7. The second-order valence-electron chi connectivity index (χ2n) is 18.3. The number of ketones is 1. The molecule has 6 unspecified atom stereocenters. The topological polar surface area (TPSA) is 168 Å². The Labute approximate surface area is 349 Å². The monoisotopic (exact) mass is 837 g/mol. The number of nitrogens with one attached hydrogen (secondary N) is 1. The van der Waals surface area contributed by atoms with Crippen molar-refractivity contribution in [3.8, 4) is 17.2 Å². The van der Waals surface area contributed by atoms with E-state index in [9.17, 15) is 19.1 Å². The van der Waals surface area contributed by atoms with Crippen molar-refractivity contribution in [1.29, 1.82) is 0 Å². The van der Waals surface area contributed by atoms with E-state index in [4.69, 9.17) is 28.5 Å². The number of hydrogen-bond donors (Lipinski definition) is 3. The maximum atomic E-state index is 15.7. The van der Waals surface area contributed by atoms with Gasteiger partial charge in [0.15, 0.2) is 22.7 Å². The number of methoxy groups -OCH3 is 1. The highest BCUT2D eigenvalue weighted by Gasteiger charge is 2.84. The van der Waals surface area contributed by atoms with E-state index in [-0.39, 0.29) is 29.6 Å². The predicted octanol–water partition coefficient (Wildman–Crippen LogP) is 8.71. The molecule has 60 heavy (non-hydrogen) atoms. The molecule has 3 aliphatic carbocycles. The quantitative estimate of drug-likeness (QED) is 0.0770. The van der Waals surface area contributed by atoms with E-state index in [2.05, 4.69) is 22.0 Å². The second kappa shape index (κ2) is 13.5. The minimum absolute atomic E-state index is 0.00131. The van der Waals surface area contributed by atoms with Gasteiger partial charge in [0, 0.05) is 35.0 Å². The number of para-hydroxylation sites is 2. The van der Waals surface area contributed by atoms with Gasteiger partial charge < -0.3 is 33.4 Å². The number of esters is 1. The highest BCUT2D eigenvalue weighted by molar-refractivity contribution is 7.46. The molecule has 5 heterocycles. The van der Waals surface area contributed by atoms with Crippen LogP contribution in [-0.2, 0) is 30.0 Å². The summed E-state index contributed by atoms with van der Waals surface area (Å²) in [5.41, 5.74) is 1.71. The Balaban J connectivity index is 1.40. The number of hydrogen-bond acceptors (Lipinski definition) is 10. The van der Waals surface area contributed by atoms with Crippen LogP contribution in [-0.4, -0.2) is 60.6 Å². The van der Waals surface area contributed by atoms with Crippen molar-refractivity contribution in [3.05, 3.63) is 87.6 Å². The molecular formula is C46H52N3O10P. The van der Waals surface area contributed by atoms with Gasteiger partial charge in [0.05, 0.1) is 46.6 Å². The first-order chi connectivity index (χ1) is 28.3. The number of benzene rings is 2. The van der Waals surface area contributed by atoms with Gasteiger partial charge in [0.25, 0.3) is 0 Å². The summed E-state index contributed by atoms with van der Waals surface area (Å²) >= 11 is 0. The van der Waals surface area contributed by atoms with E-state index in [1.54, 1.807) is 13.0 Å². The Morgan fingerprint density at radius 3 is 2.48 bits per heavy atom. The molecule has 4 bridgehead atoms. The maximum Gasteiger partial charge on any atom is 0.524 e. The molecule has 13 nitrogen and oxygen atoms in total. The first-order valence-electron chi connectivity index (χ1n) is 20.6. The standard InChI is InChI=1S/C46H52N3O10P/c1-24(2)13-12-20-44(8)21-19-28-37(56-44)27(17-16-25(3)4)38-33(39(28)58-60(52,53)54)35-34-36(49-31-15-11-10-14-30(31)47-42(49)48-35)29-23-32-43(6,7)59-45(40(29)50,46(32,34)57-38)22-18-26(5)41(51)55-9/h10-11,13-16,18-19,21,29,32,36H,12,17,20,22-23H2,1-9H3,(H,47,48)(H2,52,53,54)/b26-18-. The summed E-state index contributed by atoms with van der Waals surface area (Å²) in [7, 11) is -3.90. The van der Waals surface area contributed by atoms with E-state index in [1.807, 2.05) is 84.9 Å². The van der Waals surface area contributed by atoms with Gasteiger partial charge in [0.1, 0.15) is 17.1 Å². The number of imidazole rings is 1. The smallest absolute Gasteiger partial charge is 0.482 e. The van der Waals surface area contributed by atoms with E-state index >= 15 is 4.79 Å². The van der Waals surface area contributed by atoms with Crippen LogP contribution in [0.5, 0.6) is 17.2 Å². The Kier molecular flexibility index (Phi) is 9.13. The predicted molar refractivity (Wildman–Crippen MR) is 227 cm³/mol. The van der Waals surface area contributed by atoms with Crippen molar-refractivity contribution in [2.75, 3.05) is 12.4 Å². The number of carbonyl (C=O) groups is 2. The molecule has 4 aliphatic heterocycles. The number of allylic oxidation sites excluding steroid dienone is 4. The van der Waals surface area contributed by atoms with Crippen LogP contribution in [0.3, 0.4) is 0 Å². The maximum absolute atomic E-state index is 15.7. The molecule has 6 atom stereocenters. The minimum atomic E-state index is -5.22. The number of Topliss-reactive ketones (excluding diaryl/α,β-unsaturated/α-hetero) is 1. The summed E-state index contributed by atoms with van der Waals surface area (Å²) in [6.07, 6.45) is 11.8. The van der Waals surface area contributed by atoms with Crippen molar-refractivity contribution in [2.45, 2.75) is 116 Å². The zero-order valence-electron chi connectivity index (χ0n) is 35.5. The highest BCUT2D eigenvalue weighted by atomic mass is 31.2. The van der Waals surface area contributed by atoms with Crippen molar-refractivity contribution in [1.82, 2.24) is 9.55 Å². The van der Waals surface area contributed by atoms with Gasteiger partial charge in [-0.3, -0.25) is 14.6 Å². The van der Waals surface area contributed by atoms with Gasteiger partial charge in [0.2, 0.25) is 5.95 Å². The van der Waals surface area contributed by atoms with Crippen LogP contribution in [0.25, 0.3) is 22.8 Å². The molecule has 10 rings (SSSR count). The van der Waals surface area contributed by atoms with Crippen LogP contribution in [0.4, 0.5) is 5.95 Å². The van der Waals surface area contributed by atoms with Crippen LogP contribution >= 0.6 is 7.82 Å². The molecule has 1 spiro atoms. The molecule has 3 aromatic rings. The van der Waals surface area contributed by atoms with Crippen molar-refractivity contribution < 1.29 is 47.4 Å². The third kappa shape index (κ3) is 5.76. The van der Waals surface area contributed by atoms with E-state index in [0.717, 1.165) is 17.5 Å². The number of phosphoric acid groups is 1. The van der Waals surface area contributed by atoms with Crippen LogP contribution in [0, 0.1) is 11.8 Å². The highest BCUT2D eigenvalue weighted by Crippen LogP contribution is 2.74. The third-order valence-electron chi connectivity index (χ3n) is 13.3. The fourth-order valence-electron chi connectivity index (χ4n) is 10.8. The van der Waals surface area contributed by atoms with Crippen molar-refractivity contribution in [3.63, 3.8) is 0 Å². The average molecular weight is 838 g/mol. The number of anilines is 1. The zero-order valence-corrected chi connectivity index (χ0v) is 36.4. The number of rotatable bonds is 10. The number of ether oxygens (including phenoxy) is 4. The van der Waals surface area contributed by atoms with Crippen molar-refractivity contribution >= 4 is 48.3 Å².